The Balaban J connectivity index is 2.41. The van der Waals surface area contributed by atoms with E-state index in [0.29, 0.717) is 5.56 Å². The summed E-state index contributed by atoms with van der Waals surface area (Å²) in [5.74, 6) is 0.218. The van der Waals surface area contributed by atoms with E-state index in [1.54, 1.807) is 0 Å². The average molecular weight is 217 g/mol. The van der Waals surface area contributed by atoms with Crippen LogP contribution in [0.15, 0.2) is 30.5 Å². The number of carbonyl (C=O) groups excluding carboxylic acids is 1. The molecule has 0 aliphatic heterocycles. The fourth-order valence-corrected chi connectivity index (χ4v) is 1.83. The molecular weight excluding hydrogens is 202 g/mol. The first kappa shape index (κ1) is 10.9. The van der Waals surface area contributed by atoms with Gasteiger partial charge in [-0.15, -0.1) is 0 Å². The lowest BCUT2D eigenvalue weighted by Gasteiger charge is -2.10. The first-order chi connectivity index (χ1) is 7.74. The molecule has 1 N–H and O–H groups in total. The van der Waals surface area contributed by atoms with Crippen molar-refractivity contribution in [1.29, 1.82) is 0 Å². The highest BCUT2D eigenvalue weighted by atomic mass is 16.3. The fraction of sp³-hybridized carbons (Fsp3) is 0.308. The third-order valence-corrected chi connectivity index (χ3v) is 2.75. The molecule has 84 valence electrons. The maximum absolute atomic E-state index is 10.7. The van der Waals surface area contributed by atoms with E-state index in [9.17, 15) is 4.79 Å². The van der Waals surface area contributed by atoms with Gasteiger partial charge in [0.15, 0.2) is 0 Å². The largest absolute Gasteiger partial charge is 0.396 e. The highest BCUT2D eigenvalue weighted by Crippen LogP contribution is 2.18. The molecule has 0 amide bonds. The number of hydrogen-bond donors (Lipinski definition) is 1. The Hall–Kier alpha value is -1.61. The number of benzene rings is 1. The summed E-state index contributed by atoms with van der Waals surface area (Å²) in [6.45, 7) is 2.94. The van der Waals surface area contributed by atoms with Gasteiger partial charge in [-0.2, -0.15) is 0 Å². The summed E-state index contributed by atoms with van der Waals surface area (Å²) in [6.07, 6.45) is 2.84. The van der Waals surface area contributed by atoms with E-state index < -0.39 is 0 Å². The van der Waals surface area contributed by atoms with Gasteiger partial charge in [-0.3, -0.25) is 4.79 Å². The second kappa shape index (κ2) is 4.49. The van der Waals surface area contributed by atoms with Crippen LogP contribution in [0.1, 0.15) is 17.3 Å². The molecule has 0 radical (unpaired) electrons. The topological polar surface area (TPSA) is 42.2 Å². The van der Waals surface area contributed by atoms with Crippen LogP contribution in [0.25, 0.3) is 10.9 Å². The number of rotatable bonds is 4. The molecule has 0 fully saturated rings. The SMILES string of the molecule is CC(CO)Cn1ccc2ccc(C=O)cc21. The standard InChI is InChI=1S/C13H15NO2/c1-10(8-15)7-14-5-4-12-3-2-11(9-16)6-13(12)14/h2-6,9-10,15H,7-8H2,1H3. The van der Waals surface area contributed by atoms with Crippen molar-refractivity contribution in [3.05, 3.63) is 36.0 Å². The second-order valence-corrected chi connectivity index (χ2v) is 4.19. The molecule has 2 aromatic rings. The Bertz CT molecular complexity index is 502. The predicted molar refractivity (Wildman–Crippen MR) is 63.6 cm³/mol. The summed E-state index contributed by atoms with van der Waals surface area (Å²) in [7, 11) is 0. The summed E-state index contributed by atoms with van der Waals surface area (Å²) in [4.78, 5) is 10.7. The maximum atomic E-state index is 10.7. The molecular formula is C13H15NO2. The van der Waals surface area contributed by atoms with E-state index in [0.717, 1.165) is 23.7 Å². The number of carbonyl (C=O) groups is 1. The van der Waals surface area contributed by atoms with E-state index in [1.807, 2.05) is 37.4 Å². The van der Waals surface area contributed by atoms with Gasteiger partial charge in [0.05, 0.1) is 0 Å². The van der Waals surface area contributed by atoms with Crippen molar-refractivity contribution < 1.29 is 9.90 Å². The van der Waals surface area contributed by atoms with Crippen molar-refractivity contribution in [2.75, 3.05) is 6.61 Å². The van der Waals surface area contributed by atoms with Crippen LogP contribution >= 0.6 is 0 Å². The van der Waals surface area contributed by atoms with Gasteiger partial charge in [0, 0.05) is 30.4 Å². The third-order valence-electron chi connectivity index (χ3n) is 2.75. The lowest BCUT2D eigenvalue weighted by molar-refractivity contribution is 0.112. The lowest BCUT2D eigenvalue weighted by Crippen LogP contribution is -2.10. The fourth-order valence-electron chi connectivity index (χ4n) is 1.83. The van der Waals surface area contributed by atoms with Crippen LogP contribution in [-0.2, 0) is 6.54 Å². The molecule has 0 spiro atoms. The zero-order chi connectivity index (χ0) is 11.5. The van der Waals surface area contributed by atoms with Crippen molar-refractivity contribution in [3.8, 4) is 0 Å². The van der Waals surface area contributed by atoms with Gasteiger partial charge in [0.1, 0.15) is 6.29 Å². The molecule has 1 aromatic heterocycles. The summed E-state index contributed by atoms with van der Waals surface area (Å²) < 4.78 is 2.07. The zero-order valence-electron chi connectivity index (χ0n) is 9.26. The van der Waals surface area contributed by atoms with Gasteiger partial charge in [-0.05, 0) is 23.4 Å². The number of aromatic nitrogens is 1. The van der Waals surface area contributed by atoms with E-state index in [1.165, 1.54) is 0 Å². The monoisotopic (exact) mass is 217 g/mol. The van der Waals surface area contributed by atoms with E-state index in [-0.39, 0.29) is 12.5 Å². The summed E-state index contributed by atoms with van der Waals surface area (Å²) >= 11 is 0. The van der Waals surface area contributed by atoms with Crippen molar-refractivity contribution in [3.63, 3.8) is 0 Å². The molecule has 16 heavy (non-hydrogen) atoms. The van der Waals surface area contributed by atoms with Crippen LogP contribution in [0, 0.1) is 5.92 Å². The number of fused-ring (bicyclic) bond motifs is 1. The minimum absolute atomic E-state index is 0.174. The molecule has 0 bridgehead atoms. The summed E-state index contributed by atoms with van der Waals surface area (Å²) in [5, 5.41) is 10.2. The van der Waals surface area contributed by atoms with Gasteiger partial charge in [0.2, 0.25) is 0 Å². The highest BCUT2D eigenvalue weighted by Gasteiger charge is 2.05. The van der Waals surface area contributed by atoms with Crippen molar-refractivity contribution in [2.24, 2.45) is 5.92 Å². The number of aliphatic hydroxyl groups excluding tert-OH is 1. The van der Waals surface area contributed by atoms with E-state index in [2.05, 4.69) is 4.57 Å². The molecule has 2 rings (SSSR count). The minimum atomic E-state index is 0.174. The van der Waals surface area contributed by atoms with Crippen LogP contribution in [0.2, 0.25) is 0 Å². The molecule has 3 nitrogen and oxygen atoms in total. The summed E-state index contributed by atoms with van der Waals surface area (Å²) in [6, 6.07) is 7.66. The van der Waals surface area contributed by atoms with Gasteiger partial charge in [0.25, 0.3) is 0 Å². The highest BCUT2D eigenvalue weighted by molar-refractivity contribution is 5.87. The van der Waals surface area contributed by atoms with Crippen LogP contribution in [0.5, 0.6) is 0 Å². The molecule has 0 aliphatic rings. The van der Waals surface area contributed by atoms with Crippen molar-refractivity contribution >= 4 is 17.2 Å². The molecule has 1 atom stereocenters. The Labute approximate surface area is 94.3 Å². The predicted octanol–water partition coefficient (Wildman–Crippen LogP) is 2.08. The number of hydrogen-bond acceptors (Lipinski definition) is 2. The number of aldehydes is 1. The summed E-state index contributed by atoms with van der Waals surface area (Å²) in [5.41, 5.74) is 1.73. The van der Waals surface area contributed by atoms with Gasteiger partial charge < -0.3 is 9.67 Å². The van der Waals surface area contributed by atoms with Gasteiger partial charge >= 0.3 is 0 Å². The number of aliphatic hydroxyl groups is 1. The Morgan fingerprint density at radius 1 is 1.44 bits per heavy atom. The first-order valence-electron chi connectivity index (χ1n) is 5.39. The van der Waals surface area contributed by atoms with Crippen LogP contribution in [0.3, 0.4) is 0 Å². The molecule has 0 aliphatic carbocycles. The van der Waals surface area contributed by atoms with E-state index in [4.69, 9.17) is 5.11 Å². The average Bonchev–Trinajstić information content (AvgIpc) is 2.71. The Morgan fingerprint density at radius 3 is 2.94 bits per heavy atom. The second-order valence-electron chi connectivity index (χ2n) is 4.19. The molecule has 0 saturated carbocycles. The normalized spacial score (nSPS) is 12.9. The van der Waals surface area contributed by atoms with Crippen LogP contribution in [0.4, 0.5) is 0 Å². The van der Waals surface area contributed by atoms with Crippen molar-refractivity contribution in [1.82, 2.24) is 4.57 Å². The third kappa shape index (κ3) is 1.99. The molecule has 1 unspecified atom stereocenters. The zero-order valence-corrected chi connectivity index (χ0v) is 9.26. The van der Waals surface area contributed by atoms with Crippen LogP contribution < -0.4 is 0 Å². The number of nitrogens with zero attached hydrogens (tertiary/aromatic N) is 1. The van der Waals surface area contributed by atoms with Gasteiger partial charge in [-0.1, -0.05) is 19.1 Å². The molecule has 1 aromatic carbocycles. The maximum Gasteiger partial charge on any atom is 0.150 e. The lowest BCUT2D eigenvalue weighted by atomic mass is 10.1. The Morgan fingerprint density at radius 2 is 2.25 bits per heavy atom. The quantitative estimate of drug-likeness (QED) is 0.797. The van der Waals surface area contributed by atoms with Gasteiger partial charge in [-0.25, -0.2) is 0 Å². The molecule has 1 heterocycles. The first-order valence-corrected chi connectivity index (χ1v) is 5.39. The molecule has 3 heteroatoms. The minimum Gasteiger partial charge on any atom is -0.396 e. The van der Waals surface area contributed by atoms with Crippen LogP contribution in [-0.4, -0.2) is 22.6 Å². The Kier molecular flexibility index (Phi) is 3.06. The molecule has 0 saturated heterocycles. The van der Waals surface area contributed by atoms with E-state index >= 15 is 0 Å². The smallest absolute Gasteiger partial charge is 0.150 e. The van der Waals surface area contributed by atoms with Crippen molar-refractivity contribution in [2.45, 2.75) is 13.5 Å².